The average molecular weight is 185 g/mol. The molecule has 0 fully saturated rings. The van der Waals surface area contributed by atoms with Crippen LogP contribution in [-0.2, 0) is 0 Å². The van der Waals surface area contributed by atoms with Crippen molar-refractivity contribution in [3.63, 3.8) is 0 Å². The lowest BCUT2D eigenvalue weighted by Crippen LogP contribution is -2.39. The van der Waals surface area contributed by atoms with Gasteiger partial charge >= 0.3 is 0 Å². The second kappa shape index (κ2) is 6.75. The van der Waals surface area contributed by atoms with E-state index < -0.39 is 0 Å². The van der Waals surface area contributed by atoms with Gasteiger partial charge < -0.3 is 10.6 Å². The van der Waals surface area contributed by atoms with Crippen LogP contribution in [0.25, 0.3) is 0 Å². The van der Waals surface area contributed by atoms with Crippen LogP contribution < -0.4 is 5.73 Å². The van der Waals surface area contributed by atoms with Gasteiger partial charge in [-0.15, -0.1) is 0 Å². The lowest BCUT2D eigenvalue weighted by molar-refractivity contribution is 0.409. The molecule has 78 valence electrons. The van der Waals surface area contributed by atoms with Gasteiger partial charge in [-0.1, -0.05) is 13.8 Å². The van der Waals surface area contributed by atoms with Crippen molar-refractivity contribution in [1.29, 1.82) is 0 Å². The van der Waals surface area contributed by atoms with Gasteiger partial charge in [0.2, 0.25) is 0 Å². The van der Waals surface area contributed by atoms with E-state index in [2.05, 4.69) is 23.7 Å². The topological polar surface area (TPSA) is 41.6 Å². The Morgan fingerprint density at radius 3 is 2.00 bits per heavy atom. The van der Waals surface area contributed by atoms with Gasteiger partial charge in [-0.2, -0.15) is 0 Å². The van der Waals surface area contributed by atoms with Crippen LogP contribution in [0.15, 0.2) is 4.99 Å². The monoisotopic (exact) mass is 185 g/mol. The lowest BCUT2D eigenvalue weighted by atomic mass is 10.3. The van der Waals surface area contributed by atoms with Crippen molar-refractivity contribution >= 4 is 5.96 Å². The predicted molar refractivity (Wildman–Crippen MR) is 58.9 cm³/mol. The molecule has 0 atom stereocenters. The van der Waals surface area contributed by atoms with Crippen LogP contribution in [0.3, 0.4) is 0 Å². The molecular formula is C10H23N3. The van der Waals surface area contributed by atoms with E-state index in [4.69, 9.17) is 5.73 Å². The fourth-order valence-electron chi connectivity index (χ4n) is 1.23. The van der Waals surface area contributed by atoms with Gasteiger partial charge in [-0.25, -0.2) is 0 Å². The highest BCUT2D eigenvalue weighted by atomic mass is 15.2. The SMILES string of the molecule is CCCN(CCC)C(N)=NC(C)C. The maximum Gasteiger partial charge on any atom is 0.191 e. The fourth-order valence-corrected chi connectivity index (χ4v) is 1.23. The molecule has 0 aromatic rings. The molecule has 0 aliphatic rings. The molecule has 0 aromatic carbocycles. The van der Waals surface area contributed by atoms with E-state index in [0.717, 1.165) is 25.9 Å². The van der Waals surface area contributed by atoms with E-state index in [-0.39, 0.29) is 6.04 Å². The van der Waals surface area contributed by atoms with Crippen molar-refractivity contribution in [3.05, 3.63) is 0 Å². The molecule has 0 aliphatic carbocycles. The van der Waals surface area contributed by atoms with E-state index in [0.29, 0.717) is 5.96 Å². The lowest BCUT2D eigenvalue weighted by Gasteiger charge is -2.22. The smallest absolute Gasteiger partial charge is 0.191 e. The van der Waals surface area contributed by atoms with Crippen molar-refractivity contribution in [3.8, 4) is 0 Å². The second-order valence-corrected chi connectivity index (χ2v) is 3.57. The third-order valence-corrected chi connectivity index (χ3v) is 1.70. The first-order chi connectivity index (χ1) is 6.11. The van der Waals surface area contributed by atoms with Crippen molar-refractivity contribution in [2.24, 2.45) is 10.7 Å². The molecule has 2 N–H and O–H groups in total. The summed E-state index contributed by atoms with van der Waals surface area (Å²) in [5.41, 5.74) is 5.87. The number of hydrogen-bond donors (Lipinski definition) is 1. The Labute approximate surface area is 82.0 Å². The van der Waals surface area contributed by atoms with Crippen LogP contribution in [0.5, 0.6) is 0 Å². The Kier molecular flexibility index (Phi) is 6.37. The highest BCUT2D eigenvalue weighted by molar-refractivity contribution is 5.78. The van der Waals surface area contributed by atoms with Crippen LogP contribution >= 0.6 is 0 Å². The van der Waals surface area contributed by atoms with Gasteiger partial charge in [0.1, 0.15) is 0 Å². The molecular weight excluding hydrogens is 162 g/mol. The maximum atomic E-state index is 5.87. The van der Waals surface area contributed by atoms with Gasteiger partial charge in [0.15, 0.2) is 5.96 Å². The van der Waals surface area contributed by atoms with Crippen LogP contribution in [0.1, 0.15) is 40.5 Å². The Balaban J connectivity index is 4.17. The summed E-state index contributed by atoms with van der Waals surface area (Å²) in [4.78, 5) is 6.49. The van der Waals surface area contributed by atoms with Crippen LogP contribution in [0, 0.1) is 0 Å². The molecule has 0 heterocycles. The number of nitrogens with two attached hydrogens (primary N) is 1. The van der Waals surface area contributed by atoms with Crippen molar-refractivity contribution in [2.75, 3.05) is 13.1 Å². The normalized spacial score (nSPS) is 12.2. The zero-order valence-corrected chi connectivity index (χ0v) is 9.38. The molecule has 0 rings (SSSR count). The van der Waals surface area contributed by atoms with E-state index in [1.165, 1.54) is 0 Å². The molecule has 13 heavy (non-hydrogen) atoms. The Morgan fingerprint density at radius 2 is 1.69 bits per heavy atom. The Hall–Kier alpha value is -0.730. The minimum atomic E-state index is 0.288. The third-order valence-electron chi connectivity index (χ3n) is 1.70. The van der Waals surface area contributed by atoms with E-state index >= 15 is 0 Å². The predicted octanol–water partition coefficient (Wildman–Crippen LogP) is 1.83. The van der Waals surface area contributed by atoms with Gasteiger partial charge in [0.05, 0.1) is 0 Å². The third kappa shape index (κ3) is 5.50. The molecule has 0 aromatic heterocycles. The zero-order valence-electron chi connectivity index (χ0n) is 9.38. The average Bonchev–Trinajstić information content (AvgIpc) is 2.02. The van der Waals surface area contributed by atoms with Gasteiger partial charge in [-0.3, -0.25) is 4.99 Å². The van der Waals surface area contributed by atoms with Gasteiger partial charge in [0, 0.05) is 19.1 Å². The van der Waals surface area contributed by atoms with Gasteiger partial charge in [-0.05, 0) is 26.7 Å². The van der Waals surface area contributed by atoms with Crippen LogP contribution in [-0.4, -0.2) is 30.0 Å². The first kappa shape index (κ1) is 12.3. The summed E-state index contributed by atoms with van der Waals surface area (Å²) in [5, 5.41) is 0. The van der Waals surface area contributed by atoms with Gasteiger partial charge in [0.25, 0.3) is 0 Å². The quantitative estimate of drug-likeness (QED) is 0.524. The molecule has 0 bridgehead atoms. The molecule has 0 saturated carbocycles. The first-order valence-electron chi connectivity index (χ1n) is 5.20. The number of guanidine groups is 1. The minimum absolute atomic E-state index is 0.288. The Morgan fingerprint density at radius 1 is 1.23 bits per heavy atom. The number of aliphatic imine (C=N–C) groups is 1. The van der Waals surface area contributed by atoms with Crippen molar-refractivity contribution in [2.45, 2.75) is 46.6 Å². The first-order valence-corrected chi connectivity index (χ1v) is 5.20. The second-order valence-electron chi connectivity index (χ2n) is 3.57. The van der Waals surface area contributed by atoms with E-state index in [9.17, 15) is 0 Å². The summed E-state index contributed by atoms with van der Waals surface area (Å²) >= 11 is 0. The van der Waals surface area contributed by atoms with Crippen LogP contribution in [0.4, 0.5) is 0 Å². The molecule has 0 saturated heterocycles. The Bertz CT molecular complexity index is 146. The van der Waals surface area contributed by atoms with E-state index in [1.54, 1.807) is 0 Å². The summed E-state index contributed by atoms with van der Waals surface area (Å²) in [6.07, 6.45) is 2.24. The highest BCUT2D eigenvalue weighted by Gasteiger charge is 2.05. The summed E-state index contributed by atoms with van der Waals surface area (Å²) in [5.74, 6) is 0.693. The van der Waals surface area contributed by atoms with Crippen molar-refractivity contribution < 1.29 is 0 Å². The summed E-state index contributed by atoms with van der Waals surface area (Å²) < 4.78 is 0. The molecule has 0 unspecified atom stereocenters. The molecule has 0 amide bonds. The molecule has 3 nitrogen and oxygen atoms in total. The van der Waals surface area contributed by atoms with Crippen LogP contribution in [0.2, 0.25) is 0 Å². The number of rotatable bonds is 5. The number of nitrogens with zero attached hydrogens (tertiary/aromatic N) is 2. The molecule has 3 heteroatoms. The largest absolute Gasteiger partial charge is 0.370 e. The summed E-state index contributed by atoms with van der Waals surface area (Å²) in [7, 11) is 0. The maximum absolute atomic E-state index is 5.87. The molecule has 0 radical (unpaired) electrons. The van der Waals surface area contributed by atoms with Crippen molar-refractivity contribution in [1.82, 2.24) is 4.90 Å². The summed E-state index contributed by atoms with van der Waals surface area (Å²) in [6.45, 7) is 10.4. The molecule has 0 aliphatic heterocycles. The standard InChI is InChI=1S/C10H23N3/c1-5-7-13(8-6-2)10(11)12-9(3)4/h9H,5-8H2,1-4H3,(H2,11,12). The zero-order chi connectivity index (χ0) is 10.3. The summed E-state index contributed by atoms with van der Waals surface area (Å²) in [6, 6.07) is 0.288. The highest BCUT2D eigenvalue weighted by Crippen LogP contribution is 1.96. The fraction of sp³-hybridized carbons (Fsp3) is 0.900. The minimum Gasteiger partial charge on any atom is -0.370 e. The number of hydrogen-bond acceptors (Lipinski definition) is 1. The molecule has 0 spiro atoms. The van der Waals surface area contributed by atoms with E-state index in [1.807, 2.05) is 13.8 Å².